The van der Waals surface area contributed by atoms with Crippen LogP contribution in [0.5, 0.6) is 0 Å². The van der Waals surface area contributed by atoms with Crippen molar-refractivity contribution in [2.75, 3.05) is 11.4 Å². The normalized spacial score (nSPS) is 19.4. The standard InChI is InChI=1S/C18H25N3/c1-4-14-9-7-8-12-21(14)18-15-10-5-6-11-16(15)19-17(20-18)13(2)3/h5-6,10-11,13-14H,4,7-9,12H2,1-3H3. The summed E-state index contributed by atoms with van der Waals surface area (Å²) in [7, 11) is 0. The van der Waals surface area contributed by atoms with Crippen LogP contribution in [0.3, 0.4) is 0 Å². The van der Waals surface area contributed by atoms with Gasteiger partial charge in [-0.1, -0.05) is 32.9 Å². The average molecular weight is 283 g/mol. The SMILES string of the molecule is CCC1CCCCN1c1nc(C(C)C)nc2ccccc12. The molecule has 2 heterocycles. The van der Waals surface area contributed by atoms with Crippen LogP contribution in [0.1, 0.15) is 58.2 Å². The first-order chi connectivity index (χ1) is 10.2. The van der Waals surface area contributed by atoms with Gasteiger partial charge in [-0.15, -0.1) is 0 Å². The van der Waals surface area contributed by atoms with Crippen molar-refractivity contribution in [2.24, 2.45) is 0 Å². The van der Waals surface area contributed by atoms with Crippen molar-refractivity contribution in [1.82, 2.24) is 9.97 Å². The van der Waals surface area contributed by atoms with Crippen molar-refractivity contribution >= 4 is 16.7 Å². The van der Waals surface area contributed by atoms with E-state index in [9.17, 15) is 0 Å². The molecular weight excluding hydrogens is 258 g/mol. The number of anilines is 1. The minimum atomic E-state index is 0.359. The molecule has 1 atom stereocenters. The maximum absolute atomic E-state index is 4.94. The van der Waals surface area contributed by atoms with Crippen LogP contribution >= 0.6 is 0 Å². The smallest absolute Gasteiger partial charge is 0.140 e. The maximum Gasteiger partial charge on any atom is 0.140 e. The lowest BCUT2D eigenvalue weighted by molar-refractivity contribution is 0.447. The molecule has 0 aliphatic carbocycles. The summed E-state index contributed by atoms with van der Waals surface area (Å²) < 4.78 is 0. The lowest BCUT2D eigenvalue weighted by atomic mass is 9.99. The van der Waals surface area contributed by atoms with Crippen LogP contribution in [0.4, 0.5) is 5.82 Å². The van der Waals surface area contributed by atoms with Gasteiger partial charge in [-0.3, -0.25) is 0 Å². The number of para-hydroxylation sites is 1. The van der Waals surface area contributed by atoms with Gasteiger partial charge < -0.3 is 4.90 Å². The summed E-state index contributed by atoms with van der Waals surface area (Å²) in [6, 6.07) is 9.05. The second-order valence-electron chi connectivity index (χ2n) is 6.33. The summed E-state index contributed by atoms with van der Waals surface area (Å²) in [6.45, 7) is 7.75. The van der Waals surface area contributed by atoms with E-state index in [1.54, 1.807) is 0 Å². The molecule has 0 saturated carbocycles. The number of rotatable bonds is 3. The highest BCUT2D eigenvalue weighted by Crippen LogP contribution is 2.31. The molecule has 1 fully saturated rings. The molecule has 3 nitrogen and oxygen atoms in total. The van der Waals surface area contributed by atoms with Gasteiger partial charge in [-0.05, 0) is 37.8 Å². The van der Waals surface area contributed by atoms with Crippen molar-refractivity contribution < 1.29 is 0 Å². The topological polar surface area (TPSA) is 29.0 Å². The predicted octanol–water partition coefficient (Wildman–Crippen LogP) is 4.52. The Morgan fingerprint density at radius 1 is 1.19 bits per heavy atom. The molecule has 1 aromatic carbocycles. The van der Waals surface area contributed by atoms with E-state index in [2.05, 4.69) is 49.9 Å². The van der Waals surface area contributed by atoms with Gasteiger partial charge in [0.2, 0.25) is 0 Å². The van der Waals surface area contributed by atoms with Crippen LogP contribution in [-0.4, -0.2) is 22.6 Å². The van der Waals surface area contributed by atoms with Crippen LogP contribution in [0.15, 0.2) is 24.3 Å². The van der Waals surface area contributed by atoms with Crippen molar-refractivity contribution in [2.45, 2.75) is 58.4 Å². The Bertz CT molecular complexity index is 621. The molecule has 0 spiro atoms. The average Bonchev–Trinajstić information content (AvgIpc) is 2.53. The number of hydrogen-bond donors (Lipinski definition) is 0. The third kappa shape index (κ3) is 2.74. The molecule has 21 heavy (non-hydrogen) atoms. The number of piperidine rings is 1. The molecule has 1 aliphatic heterocycles. The fraction of sp³-hybridized carbons (Fsp3) is 0.556. The zero-order valence-electron chi connectivity index (χ0n) is 13.3. The number of fused-ring (bicyclic) bond motifs is 1. The molecule has 3 rings (SSSR count). The number of benzene rings is 1. The lowest BCUT2D eigenvalue weighted by Crippen LogP contribution is -2.40. The molecule has 0 amide bonds. The highest BCUT2D eigenvalue weighted by atomic mass is 15.2. The second kappa shape index (κ2) is 6.00. The van der Waals surface area contributed by atoms with Gasteiger partial charge in [-0.2, -0.15) is 0 Å². The molecule has 0 bridgehead atoms. The number of nitrogens with zero attached hydrogens (tertiary/aromatic N) is 3. The summed E-state index contributed by atoms with van der Waals surface area (Å²) in [5.74, 6) is 2.47. The highest BCUT2D eigenvalue weighted by molar-refractivity contribution is 5.89. The van der Waals surface area contributed by atoms with E-state index in [-0.39, 0.29) is 0 Å². The maximum atomic E-state index is 4.94. The Labute approximate surface area is 127 Å². The Morgan fingerprint density at radius 2 is 2.00 bits per heavy atom. The third-order valence-electron chi connectivity index (χ3n) is 4.49. The first-order valence-electron chi connectivity index (χ1n) is 8.24. The zero-order valence-corrected chi connectivity index (χ0v) is 13.3. The summed E-state index contributed by atoms with van der Waals surface area (Å²) in [5.41, 5.74) is 1.08. The van der Waals surface area contributed by atoms with Crippen molar-refractivity contribution in [3.63, 3.8) is 0 Å². The monoisotopic (exact) mass is 283 g/mol. The highest BCUT2D eigenvalue weighted by Gasteiger charge is 2.24. The summed E-state index contributed by atoms with van der Waals surface area (Å²) in [6.07, 6.45) is 5.09. The van der Waals surface area contributed by atoms with Crippen LogP contribution in [0.25, 0.3) is 10.9 Å². The van der Waals surface area contributed by atoms with E-state index >= 15 is 0 Å². The van der Waals surface area contributed by atoms with Crippen LogP contribution in [-0.2, 0) is 0 Å². The van der Waals surface area contributed by atoms with Gasteiger partial charge >= 0.3 is 0 Å². The number of aromatic nitrogens is 2. The van der Waals surface area contributed by atoms with Gasteiger partial charge in [0.15, 0.2) is 0 Å². The predicted molar refractivity (Wildman–Crippen MR) is 88.9 cm³/mol. The lowest BCUT2D eigenvalue weighted by Gasteiger charge is -2.37. The van der Waals surface area contributed by atoms with Crippen LogP contribution in [0, 0.1) is 0 Å². The molecule has 1 aliphatic rings. The minimum Gasteiger partial charge on any atom is -0.353 e. The first kappa shape index (κ1) is 14.3. The Kier molecular flexibility index (Phi) is 4.09. The fourth-order valence-corrected chi connectivity index (χ4v) is 3.26. The Hall–Kier alpha value is -1.64. The molecular formula is C18H25N3. The fourth-order valence-electron chi connectivity index (χ4n) is 3.26. The Balaban J connectivity index is 2.14. The summed E-state index contributed by atoms with van der Waals surface area (Å²) in [5, 5.41) is 1.20. The van der Waals surface area contributed by atoms with Gasteiger partial charge in [-0.25, -0.2) is 9.97 Å². The quantitative estimate of drug-likeness (QED) is 0.829. The second-order valence-corrected chi connectivity index (χ2v) is 6.33. The number of hydrogen-bond acceptors (Lipinski definition) is 3. The summed E-state index contributed by atoms with van der Waals surface area (Å²) >= 11 is 0. The van der Waals surface area contributed by atoms with Crippen molar-refractivity contribution in [3.05, 3.63) is 30.1 Å². The molecule has 1 aromatic heterocycles. The Morgan fingerprint density at radius 3 is 2.76 bits per heavy atom. The minimum absolute atomic E-state index is 0.359. The first-order valence-corrected chi connectivity index (χ1v) is 8.24. The van der Waals surface area contributed by atoms with Crippen molar-refractivity contribution in [3.8, 4) is 0 Å². The van der Waals surface area contributed by atoms with E-state index in [1.807, 2.05) is 0 Å². The largest absolute Gasteiger partial charge is 0.353 e. The molecule has 0 N–H and O–H groups in total. The van der Waals surface area contributed by atoms with Gasteiger partial charge in [0, 0.05) is 23.9 Å². The third-order valence-corrected chi connectivity index (χ3v) is 4.49. The van der Waals surface area contributed by atoms with E-state index in [0.29, 0.717) is 12.0 Å². The van der Waals surface area contributed by atoms with E-state index in [1.165, 1.54) is 31.1 Å². The zero-order chi connectivity index (χ0) is 14.8. The van der Waals surface area contributed by atoms with E-state index < -0.39 is 0 Å². The molecule has 0 radical (unpaired) electrons. The summed E-state index contributed by atoms with van der Waals surface area (Å²) in [4.78, 5) is 12.2. The van der Waals surface area contributed by atoms with Crippen LogP contribution in [0.2, 0.25) is 0 Å². The molecule has 112 valence electrons. The van der Waals surface area contributed by atoms with Gasteiger partial charge in [0.1, 0.15) is 11.6 Å². The molecule has 3 heteroatoms. The molecule has 1 unspecified atom stereocenters. The molecule has 2 aromatic rings. The van der Waals surface area contributed by atoms with Gasteiger partial charge in [0.05, 0.1) is 5.52 Å². The van der Waals surface area contributed by atoms with Crippen LogP contribution < -0.4 is 4.90 Å². The van der Waals surface area contributed by atoms with Crippen molar-refractivity contribution in [1.29, 1.82) is 0 Å². The van der Waals surface area contributed by atoms with Gasteiger partial charge in [0.25, 0.3) is 0 Å². The van der Waals surface area contributed by atoms with E-state index in [0.717, 1.165) is 23.7 Å². The van der Waals surface area contributed by atoms with E-state index in [4.69, 9.17) is 9.97 Å². The molecule has 1 saturated heterocycles.